The van der Waals surface area contributed by atoms with E-state index < -0.39 is 10.0 Å². The normalized spacial score (nSPS) is 16.7. The number of ether oxygens (including phenoxy) is 1. The lowest BCUT2D eigenvalue weighted by Gasteiger charge is -2.31. The van der Waals surface area contributed by atoms with Gasteiger partial charge in [0.25, 0.3) is 0 Å². The van der Waals surface area contributed by atoms with E-state index in [0.717, 1.165) is 24.0 Å². The molecule has 1 aliphatic heterocycles. The molecule has 0 aromatic heterocycles. The predicted octanol–water partition coefficient (Wildman–Crippen LogP) is 3.92. The molecular formula is C21H27NO3S. The molecule has 140 valence electrons. The second kappa shape index (κ2) is 8.33. The molecule has 0 unspecified atom stereocenters. The predicted molar refractivity (Wildman–Crippen MR) is 103 cm³/mol. The summed E-state index contributed by atoms with van der Waals surface area (Å²) in [5, 5.41) is 0. The standard InChI is InChI=1S/C21H27NO3S/c1-17-8-9-21(14-18(17)2)26(23,24)22-12-10-20(11-13-22)16-25-15-19-6-4-3-5-7-19/h3-9,14,20H,10-13,15-16H2,1-2H3. The molecule has 0 saturated carbocycles. The number of rotatable bonds is 6. The zero-order chi connectivity index (χ0) is 18.6. The number of aryl methyl sites for hydroxylation is 2. The average molecular weight is 374 g/mol. The highest BCUT2D eigenvalue weighted by atomic mass is 32.2. The Morgan fingerprint density at radius 1 is 1.00 bits per heavy atom. The van der Waals surface area contributed by atoms with Crippen LogP contribution in [0.4, 0.5) is 0 Å². The highest BCUT2D eigenvalue weighted by Crippen LogP contribution is 2.25. The van der Waals surface area contributed by atoms with E-state index in [4.69, 9.17) is 4.74 Å². The second-order valence-corrected chi connectivity index (χ2v) is 9.03. The van der Waals surface area contributed by atoms with Gasteiger partial charge in [-0.1, -0.05) is 36.4 Å². The Labute approximate surface area is 156 Å². The van der Waals surface area contributed by atoms with E-state index in [1.54, 1.807) is 16.4 Å². The van der Waals surface area contributed by atoms with Crippen LogP contribution in [0.15, 0.2) is 53.4 Å². The third-order valence-electron chi connectivity index (χ3n) is 5.15. The first-order chi connectivity index (χ1) is 12.5. The van der Waals surface area contributed by atoms with Crippen molar-refractivity contribution in [1.82, 2.24) is 4.31 Å². The highest BCUT2D eigenvalue weighted by molar-refractivity contribution is 7.89. The van der Waals surface area contributed by atoms with Gasteiger partial charge < -0.3 is 4.74 Å². The maximum Gasteiger partial charge on any atom is 0.243 e. The van der Waals surface area contributed by atoms with Crippen molar-refractivity contribution in [2.75, 3.05) is 19.7 Å². The van der Waals surface area contributed by atoms with Crippen molar-refractivity contribution in [3.05, 3.63) is 65.2 Å². The third kappa shape index (κ3) is 4.53. The Kier molecular flexibility index (Phi) is 6.12. The van der Waals surface area contributed by atoms with Crippen LogP contribution in [0, 0.1) is 19.8 Å². The summed E-state index contributed by atoms with van der Waals surface area (Å²) in [6.45, 7) is 6.37. The van der Waals surface area contributed by atoms with Crippen LogP contribution >= 0.6 is 0 Å². The first-order valence-electron chi connectivity index (χ1n) is 9.16. The van der Waals surface area contributed by atoms with E-state index >= 15 is 0 Å². The van der Waals surface area contributed by atoms with Gasteiger partial charge in [-0.25, -0.2) is 8.42 Å². The Balaban J connectivity index is 1.52. The van der Waals surface area contributed by atoms with Gasteiger partial charge in [0.05, 0.1) is 11.5 Å². The molecule has 0 bridgehead atoms. The Morgan fingerprint density at radius 2 is 1.69 bits per heavy atom. The molecule has 0 N–H and O–H groups in total. The summed E-state index contributed by atoms with van der Waals surface area (Å²) in [6, 6.07) is 15.5. The molecule has 1 aliphatic rings. The molecule has 26 heavy (non-hydrogen) atoms. The lowest BCUT2D eigenvalue weighted by Crippen LogP contribution is -2.39. The summed E-state index contributed by atoms with van der Waals surface area (Å²) in [5.74, 6) is 0.421. The lowest BCUT2D eigenvalue weighted by molar-refractivity contribution is 0.0688. The molecule has 0 spiro atoms. The number of benzene rings is 2. The molecule has 2 aromatic rings. The van der Waals surface area contributed by atoms with Gasteiger partial charge in [-0.15, -0.1) is 0 Å². The molecule has 1 saturated heterocycles. The minimum atomic E-state index is -3.40. The molecular weight excluding hydrogens is 346 g/mol. The van der Waals surface area contributed by atoms with Gasteiger partial charge in [-0.3, -0.25) is 0 Å². The van der Waals surface area contributed by atoms with E-state index in [0.29, 0.717) is 37.1 Å². The number of hydrogen-bond donors (Lipinski definition) is 0. The summed E-state index contributed by atoms with van der Waals surface area (Å²) < 4.78 is 33.1. The molecule has 2 aromatic carbocycles. The van der Waals surface area contributed by atoms with E-state index in [1.165, 1.54) is 5.56 Å². The van der Waals surface area contributed by atoms with Crippen molar-refractivity contribution in [1.29, 1.82) is 0 Å². The maximum absolute atomic E-state index is 12.9. The Hall–Kier alpha value is -1.69. The van der Waals surface area contributed by atoms with Crippen LogP contribution in [0.3, 0.4) is 0 Å². The van der Waals surface area contributed by atoms with Gasteiger partial charge in [0.1, 0.15) is 0 Å². The third-order valence-corrected chi connectivity index (χ3v) is 7.05. The van der Waals surface area contributed by atoms with E-state index in [9.17, 15) is 8.42 Å². The highest BCUT2D eigenvalue weighted by Gasteiger charge is 2.29. The van der Waals surface area contributed by atoms with Crippen molar-refractivity contribution >= 4 is 10.0 Å². The molecule has 1 fully saturated rings. The Bertz CT molecular complexity index is 826. The van der Waals surface area contributed by atoms with Crippen LogP contribution in [0.5, 0.6) is 0 Å². The quantitative estimate of drug-likeness (QED) is 0.771. The van der Waals surface area contributed by atoms with Gasteiger partial charge in [0.2, 0.25) is 10.0 Å². The van der Waals surface area contributed by atoms with Crippen LogP contribution in [0.2, 0.25) is 0 Å². The van der Waals surface area contributed by atoms with E-state index in [2.05, 4.69) is 12.1 Å². The molecule has 5 heteroatoms. The fourth-order valence-electron chi connectivity index (χ4n) is 3.26. The van der Waals surface area contributed by atoms with Gasteiger partial charge in [0.15, 0.2) is 0 Å². The summed E-state index contributed by atoms with van der Waals surface area (Å²) in [5.41, 5.74) is 3.29. The molecule has 1 heterocycles. The van der Waals surface area contributed by atoms with Gasteiger partial charge in [-0.05, 0) is 61.4 Å². The number of piperidine rings is 1. The average Bonchev–Trinajstić information content (AvgIpc) is 2.65. The summed E-state index contributed by atoms with van der Waals surface area (Å²) in [7, 11) is -3.40. The SMILES string of the molecule is Cc1ccc(S(=O)(=O)N2CCC(COCc3ccccc3)CC2)cc1C. The maximum atomic E-state index is 12.9. The zero-order valence-electron chi connectivity index (χ0n) is 15.5. The number of hydrogen-bond acceptors (Lipinski definition) is 3. The molecule has 0 radical (unpaired) electrons. The van der Waals surface area contributed by atoms with E-state index in [-0.39, 0.29) is 0 Å². The largest absolute Gasteiger partial charge is 0.376 e. The first-order valence-corrected chi connectivity index (χ1v) is 10.6. The fraction of sp³-hybridized carbons (Fsp3) is 0.429. The van der Waals surface area contributed by atoms with Crippen molar-refractivity contribution < 1.29 is 13.2 Å². The van der Waals surface area contributed by atoms with E-state index in [1.807, 2.05) is 38.1 Å². The van der Waals surface area contributed by atoms with Crippen molar-refractivity contribution in [2.45, 2.75) is 38.2 Å². The topological polar surface area (TPSA) is 46.6 Å². The van der Waals surface area contributed by atoms with Crippen LogP contribution in [-0.4, -0.2) is 32.4 Å². The van der Waals surface area contributed by atoms with Crippen molar-refractivity contribution in [3.8, 4) is 0 Å². The van der Waals surface area contributed by atoms with Crippen LogP contribution < -0.4 is 0 Å². The fourth-order valence-corrected chi connectivity index (χ4v) is 4.81. The molecule has 3 rings (SSSR count). The smallest absolute Gasteiger partial charge is 0.243 e. The summed E-state index contributed by atoms with van der Waals surface area (Å²) in [6.07, 6.45) is 1.69. The van der Waals surface area contributed by atoms with Crippen LogP contribution in [0.25, 0.3) is 0 Å². The zero-order valence-corrected chi connectivity index (χ0v) is 16.3. The molecule has 0 atom stereocenters. The van der Waals surface area contributed by atoms with Crippen molar-refractivity contribution in [2.24, 2.45) is 5.92 Å². The minimum Gasteiger partial charge on any atom is -0.376 e. The lowest BCUT2D eigenvalue weighted by atomic mass is 9.99. The van der Waals surface area contributed by atoms with Crippen LogP contribution in [0.1, 0.15) is 29.5 Å². The van der Waals surface area contributed by atoms with Crippen molar-refractivity contribution in [3.63, 3.8) is 0 Å². The van der Waals surface area contributed by atoms with Gasteiger partial charge in [-0.2, -0.15) is 4.31 Å². The minimum absolute atomic E-state index is 0.402. The Morgan fingerprint density at radius 3 is 2.35 bits per heavy atom. The number of sulfonamides is 1. The van der Waals surface area contributed by atoms with Crippen LogP contribution in [-0.2, 0) is 21.4 Å². The summed E-state index contributed by atoms with van der Waals surface area (Å²) >= 11 is 0. The first kappa shape index (κ1) is 19.1. The summed E-state index contributed by atoms with van der Waals surface area (Å²) in [4.78, 5) is 0.402. The molecule has 0 amide bonds. The monoisotopic (exact) mass is 373 g/mol. The molecule has 4 nitrogen and oxygen atoms in total. The second-order valence-electron chi connectivity index (χ2n) is 7.09. The van der Waals surface area contributed by atoms with Gasteiger partial charge in [0, 0.05) is 19.7 Å². The molecule has 0 aliphatic carbocycles. The number of nitrogens with zero attached hydrogens (tertiary/aromatic N) is 1. The van der Waals surface area contributed by atoms with Gasteiger partial charge >= 0.3 is 0 Å².